The molecule has 17 heavy (non-hydrogen) atoms. The summed E-state index contributed by atoms with van der Waals surface area (Å²) in [5, 5.41) is 9.14. The fourth-order valence-electron chi connectivity index (χ4n) is 2.34. The lowest BCUT2D eigenvalue weighted by atomic mass is 9.91. The van der Waals surface area contributed by atoms with Crippen LogP contribution in [0, 0.1) is 11.7 Å². The Morgan fingerprint density at radius 2 is 2.41 bits per heavy atom. The number of primary amides is 1. The molecule has 1 aromatic rings. The van der Waals surface area contributed by atoms with Crippen LogP contribution in [0.4, 0.5) is 4.39 Å². The molecule has 2 atom stereocenters. The highest BCUT2D eigenvalue weighted by molar-refractivity contribution is 5.91. The zero-order valence-electron chi connectivity index (χ0n) is 9.44. The standard InChI is InChI=1S/C12H14FNO3/c1-17-10-3-2-8(13)4-9(10)12(11(14)16)5-7(12)6-15/h2-4,7,15H,5-6H2,1H3,(H2,14,16)/t7?,12-/m0/s1. The van der Waals surface area contributed by atoms with E-state index in [0.29, 0.717) is 17.7 Å². The van der Waals surface area contributed by atoms with Gasteiger partial charge in [0, 0.05) is 18.1 Å². The first-order valence-corrected chi connectivity index (χ1v) is 5.31. The van der Waals surface area contributed by atoms with Gasteiger partial charge in [0.15, 0.2) is 0 Å². The first kappa shape index (κ1) is 11.9. The lowest BCUT2D eigenvalue weighted by Gasteiger charge is -2.17. The van der Waals surface area contributed by atoms with Crippen molar-refractivity contribution in [3.8, 4) is 5.75 Å². The second-order valence-corrected chi connectivity index (χ2v) is 4.26. The number of aliphatic hydroxyl groups excluding tert-OH is 1. The first-order chi connectivity index (χ1) is 8.06. The van der Waals surface area contributed by atoms with Crippen LogP contribution in [0.5, 0.6) is 5.75 Å². The van der Waals surface area contributed by atoms with Crippen molar-refractivity contribution in [1.82, 2.24) is 0 Å². The second kappa shape index (κ2) is 4.00. The van der Waals surface area contributed by atoms with Crippen molar-refractivity contribution >= 4 is 5.91 Å². The third kappa shape index (κ3) is 1.67. The molecule has 1 aliphatic carbocycles. The molecule has 1 fully saturated rings. The Bertz CT molecular complexity index is 463. The Hall–Kier alpha value is -1.62. The van der Waals surface area contributed by atoms with Crippen molar-refractivity contribution in [3.05, 3.63) is 29.6 Å². The summed E-state index contributed by atoms with van der Waals surface area (Å²) >= 11 is 0. The Kier molecular flexibility index (Phi) is 2.79. The predicted octanol–water partition coefficient (Wildman–Crippen LogP) is 0.570. The van der Waals surface area contributed by atoms with Gasteiger partial charge in [0.2, 0.25) is 5.91 Å². The zero-order chi connectivity index (χ0) is 12.6. The Morgan fingerprint density at radius 1 is 1.71 bits per heavy atom. The Labute approximate surface area is 98.2 Å². The van der Waals surface area contributed by atoms with Gasteiger partial charge >= 0.3 is 0 Å². The summed E-state index contributed by atoms with van der Waals surface area (Å²) in [6, 6.07) is 3.97. The van der Waals surface area contributed by atoms with Gasteiger partial charge in [-0.1, -0.05) is 0 Å². The number of aliphatic hydroxyl groups is 1. The molecule has 0 aromatic heterocycles. The number of carbonyl (C=O) groups is 1. The van der Waals surface area contributed by atoms with E-state index in [9.17, 15) is 9.18 Å². The average Bonchev–Trinajstić information content (AvgIpc) is 3.04. The number of ether oxygens (including phenoxy) is 1. The van der Waals surface area contributed by atoms with Gasteiger partial charge in [-0.25, -0.2) is 4.39 Å². The molecule has 0 bridgehead atoms. The van der Waals surface area contributed by atoms with Crippen LogP contribution in [-0.2, 0) is 10.2 Å². The van der Waals surface area contributed by atoms with E-state index < -0.39 is 17.1 Å². The molecule has 1 unspecified atom stereocenters. The molecule has 0 saturated heterocycles. The van der Waals surface area contributed by atoms with E-state index in [1.54, 1.807) is 0 Å². The summed E-state index contributed by atoms with van der Waals surface area (Å²) < 4.78 is 18.4. The third-order valence-electron chi connectivity index (χ3n) is 3.41. The SMILES string of the molecule is COc1ccc(F)cc1[C@]1(C(N)=O)CC1CO. The van der Waals surface area contributed by atoms with Crippen molar-refractivity contribution < 1.29 is 19.0 Å². The minimum Gasteiger partial charge on any atom is -0.496 e. The Balaban J connectivity index is 2.52. The monoisotopic (exact) mass is 239 g/mol. The Morgan fingerprint density at radius 3 is 2.88 bits per heavy atom. The van der Waals surface area contributed by atoms with Crippen LogP contribution < -0.4 is 10.5 Å². The smallest absolute Gasteiger partial charge is 0.228 e. The first-order valence-electron chi connectivity index (χ1n) is 5.31. The van der Waals surface area contributed by atoms with Crippen molar-refractivity contribution in [3.63, 3.8) is 0 Å². The van der Waals surface area contributed by atoms with E-state index in [2.05, 4.69) is 0 Å². The van der Waals surface area contributed by atoms with Gasteiger partial charge in [0.25, 0.3) is 0 Å². The number of amides is 1. The molecular formula is C12H14FNO3. The van der Waals surface area contributed by atoms with Crippen LogP contribution in [-0.4, -0.2) is 24.7 Å². The van der Waals surface area contributed by atoms with Crippen molar-refractivity contribution in [2.75, 3.05) is 13.7 Å². The van der Waals surface area contributed by atoms with Crippen molar-refractivity contribution in [2.45, 2.75) is 11.8 Å². The number of hydrogen-bond donors (Lipinski definition) is 2. The van der Waals surface area contributed by atoms with Gasteiger partial charge in [-0.05, 0) is 24.6 Å². The molecule has 1 aliphatic rings. The molecule has 5 heteroatoms. The largest absolute Gasteiger partial charge is 0.496 e. The fourth-order valence-corrected chi connectivity index (χ4v) is 2.34. The van der Waals surface area contributed by atoms with Gasteiger partial charge in [-0.3, -0.25) is 4.79 Å². The van der Waals surface area contributed by atoms with E-state index >= 15 is 0 Å². The topological polar surface area (TPSA) is 72.5 Å². The maximum absolute atomic E-state index is 13.3. The molecule has 2 rings (SSSR count). The minimum atomic E-state index is -0.984. The molecular weight excluding hydrogens is 225 g/mol. The molecule has 4 nitrogen and oxygen atoms in total. The highest BCUT2D eigenvalue weighted by Crippen LogP contribution is 2.56. The van der Waals surface area contributed by atoms with Crippen LogP contribution in [0.1, 0.15) is 12.0 Å². The van der Waals surface area contributed by atoms with E-state index in [0.717, 1.165) is 0 Å². The van der Waals surface area contributed by atoms with Crippen LogP contribution in [0.2, 0.25) is 0 Å². The molecule has 1 amide bonds. The summed E-state index contributed by atoms with van der Waals surface area (Å²) in [6.45, 7) is -0.150. The number of halogens is 1. The van der Waals surface area contributed by atoms with Crippen molar-refractivity contribution in [1.29, 1.82) is 0 Å². The molecule has 1 aromatic carbocycles. The molecule has 3 N–H and O–H groups in total. The summed E-state index contributed by atoms with van der Waals surface area (Å²) in [4.78, 5) is 11.6. The molecule has 0 heterocycles. The van der Waals surface area contributed by atoms with Crippen LogP contribution in [0.15, 0.2) is 18.2 Å². The highest BCUT2D eigenvalue weighted by Gasteiger charge is 2.61. The van der Waals surface area contributed by atoms with Gasteiger partial charge in [-0.15, -0.1) is 0 Å². The fraction of sp³-hybridized carbons (Fsp3) is 0.417. The highest BCUT2D eigenvalue weighted by atomic mass is 19.1. The zero-order valence-corrected chi connectivity index (χ0v) is 9.44. The van der Waals surface area contributed by atoms with Crippen molar-refractivity contribution in [2.24, 2.45) is 11.7 Å². The molecule has 0 spiro atoms. The lowest BCUT2D eigenvalue weighted by Crippen LogP contribution is -2.31. The summed E-state index contributed by atoms with van der Waals surface area (Å²) in [5.41, 5.74) is 4.82. The van der Waals surface area contributed by atoms with Crippen LogP contribution in [0.25, 0.3) is 0 Å². The number of carbonyl (C=O) groups excluding carboxylic acids is 1. The number of nitrogens with two attached hydrogens (primary N) is 1. The molecule has 92 valence electrons. The van der Waals surface area contributed by atoms with Gasteiger partial charge in [0.05, 0.1) is 12.5 Å². The number of rotatable bonds is 4. The quantitative estimate of drug-likeness (QED) is 0.806. The number of hydrogen-bond acceptors (Lipinski definition) is 3. The molecule has 0 aliphatic heterocycles. The maximum atomic E-state index is 13.3. The minimum absolute atomic E-state index is 0.150. The van der Waals surface area contributed by atoms with Gasteiger partial charge in [0.1, 0.15) is 11.6 Å². The molecule has 0 radical (unpaired) electrons. The van der Waals surface area contributed by atoms with Gasteiger partial charge < -0.3 is 15.6 Å². The van der Waals surface area contributed by atoms with E-state index in [4.69, 9.17) is 15.6 Å². The van der Waals surface area contributed by atoms with E-state index in [1.807, 2.05) is 0 Å². The summed E-state index contributed by atoms with van der Waals surface area (Å²) in [7, 11) is 1.45. The predicted molar refractivity (Wildman–Crippen MR) is 59.0 cm³/mol. The van der Waals surface area contributed by atoms with E-state index in [1.165, 1.54) is 25.3 Å². The second-order valence-electron chi connectivity index (χ2n) is 4.26. The number of methoxy groups -OCH3 is 1. The van der Waals surface area contributed by atoms with E-state index in [-0.39, 0.29) is 12.5 Å². The normalized spacial score (nSPS) is 26.6. The maximum Gasteiger partial charge on any atom is 0.228 e. The third-order valence-corrected chi connectivity index (χ3v) is 3.41. The molecule has 1 saturated carbocycles. The average molecular weight is 239 g/mol. The van der Waals surface area contributed by atoms with Gasteiger partial charge in [-0.2, -0.15) is 0 Å². The van der Waals surface area contributed by atoms with Crippen LogP contribution >= 0.6 is 0 Å². The summed E-state index contributed by atoms with van der Waals surface area (Å²) in [6.07, 6.45) is 0.429. The lowest BCUT2D eigenvalue weighted by molar-refractivity contribution is -0.121. The summed E-state index contributed by atoms with van der Waals surface area (Å²) in [5.74, 6) is -0.845. The van der Waals surface area contributed by atoms with Crippen LogP contribution in [0.3, 0.4) is 0 Å². The number of benzene rings is 1.